The molecule has 4 aromatic rings. The Morgan fingerprint density at radius 1 is 1.00 bits per heavy atom. The third-order valence-corrected chi connectivity index (χ3v) is 7.01. The first-order chi connectivity index (χ1) is 15.9. The van der Waals surface area contributed by atoms with Crippen LogP contribution in [0.2, 0.25) is 0 Å². The molecule has 1 fully saturated rings. The Kier molecular flexibility index (Phi) is 5.61. The monoisotopic (exact) mass is 461 g/mol. The Morgan fingerprint density at radius 2 is 1.70 bits per heavy atom. The minimum Gasteiger partial charge on any atom is -0.398 e. The van der Waals surface area contributed by atoms with Crippen molar-refractivity contribution in [3.8, 4) is 22.3 Å². The largest absolute Gasteiger partial charge is 0.398 e. The average Bonchev–Trinajstić information content (AvgIpc) is 3.23. The maximum atomic E-state index is 11.8. The number of nitrogens with one attached hydrogen (secondary N) is 1. The highest BCUT2D eigenvalue weighted by molar-refractivity contribution is 7.82. The van der Waals surface area contributed by atoms with E-state index in [0.29, 0.717) is 28.3 Å². The highest BCUT2D eigenvalue weighted by Crippen LogP contribution is 2.30. The van der Waals surface area contributed by atoms with Crippen molar-refractivity contribution in [1.82, 2.24) is 19.9 Å². The zero-order valence-corrected chi connectivity index (χ0v) is 19.4. The molecule has 5 N–H and O–H groups in total. The maximum absolute atomic E-state index is 11.8. The summed E-state index contributed by atoms with van der Waals surface area (Å²) in [7, 11) is -1.66. The van der Waals surface area contributed by atoms with Gasteiger partial charge in [-0.15, -0.1) is 0 Å². The van der Waals surface area contributed by atoms with Crippen molar-refractivity contribution >= 4 is 28.0 Å². The van der Waals surface area contributed by atoms with E-state index in [9.17, 15) is 4.21 Å². The molecule has 0 spiro atoms. The van der Waals surface area contributed by atoms with E-state index in [4.69, 9.17) is 10.9 Å². The van der Waals surface area contributed by atoms with E-state index in [1.54, 1.807) is 22.8 Å². The number of anilines is 2. The van der Waals surface area contributed by atoms with Gasteiger partial charge in [0.1, 0.15) is 11.0 Å². The van der Waals surface area contributed by atoms with Crippen LogP contribution in [0.5, 0.6) is 0 Å². The molecule has 0 amide bonds. The van der Waals surface area contributed by atoms with E-state index >= 15 is 0 Å². The van der Waals surface area contributed by atoms with Gasteiger partial charge in [0.2, 0.25) is 0 Å². The third-order valence-electron chi connectivity index (χ3n) is 6.23. The number of aromatic nitrogens is 3. The summed E-state index contributed by atoms with van der Waals surface area (Å²) in [5.74, 6) is 0. The molecule has 5 rings (SSSR count). The highest BCUT2D eigenvalue weighted by atomic mass is 32.2. The minimum absolute atomic E-state index is 0.400. The third kappa shape index (κ3) is 3.99. The van der Waals surface area contributed by atoms with Gasteiger partial charge in [-0.1, -0.05) is 18.2 Å². The van der Waals surface area contributed by atoms with Crippen molar-refractivity contribution in [3.63, 3.8) is 0 Å². The minimum atomic E-state index is -1.66. The van der Waals surface area contributed by atoms with E-state index in [-0.39, 0.29) is 0 Å². The smallest absolute Gasteiger partial charge is 0.162 e. The van der Waals surface area contributed by atoms with Gasteiger partial charge < -0.3 is 16.0 Å². The van der Waals surface area contributed by atoms with Crippen molar-refractivity contribution in [3.05, 3.63) is 61.1 Å². The lowest BCUT2D eigenvalue weighted by Gasteiger charge is -2.41. The number of nitrogens with zero attached hydrogens (tertiary/aromatic N) is 4. The van der Waals surface area contributed by atoms with Crippen LogP contribution in [0.25, 0.3) is 27.9 Å². The predicted octanol–water partition coefficient (Wildman–Crippen LogP) is 2.81. The summed E-state index contributed by atoms with van der Waals surface area (Å²) in [6.45, 7) is 6.48. The van der Waals surface area contributed by atoms with Crippen LogP contribution < -0.4 is 21.1 Å². The Labute approximate surface area is 195 Å². The molecular formula is C24H27N7OS. The number of fused-ring (bicyclic) bond motifs is 1. The summed E-state index contributed by atoms with van der Waals surface area (Å²) in [5.41, 5.74) is 11.9. The standard InChI is InChI=1S/C24H27N7OS/c1-15-10-27-11-16(2)31(15)20-6-3-17(4-7-20)19-12-28-24-21(13-29-30(24)14-19)18-5-8-22(25)23(9-18)33(26)32/h3-9,12-16,27H,10-11,25-26H2,1-2H3. The highest BCUT2D eigenvalue weighted by Gasteiger charge is 2.24. The van der Waals surface area contributed by atoms with Crippen LogP contribution in [-0.2, 0) is 11.0 Å². The molecule has 0 radical (unpaired) electrons. The van der Waals surface area contributed by atoms with Gasteiger partial charge in [-0.2, -0.15) is 5.10 Å². The lowest BCUT2D eigenvalue weighted by Crippen LogP contribution is -2.55. The van der Waals surface area contributed by atoms with Crippen LogP contribution in [0.1, 0.15) is 13.8 Å². The van der Waals surface area contributed by atoms with Crippen molar-refractivity contribution in [2.24, 2.45) is 5.14 Å². The molecule has 9 heteroatoms. The molecule has 0 saturated carbocycles. The summed E-state index contributed by atoms with van der Waals surface area (Å²) in [4.78, 5) is 7.54. The number of nitrogen functional groups attached to an aromatic ring is 1. The first-order valence-corrected chi connectivity index (χ1v) is 12.1. The number of benzene rings is 2. The quantitative estimate of drug-likeness (QED) is 0.403. The topological polar surface area (TPSA) is 115 Å². The van der Waals surface area contributed by atoms with E-state index in [1.807, 2.05) is 18.5 Å². The maximum Gasteiger partial charge on any atom is 0.162 e. The molecule has 0 aliphatic carbocycles. The molecule has 1 aliphatic heterocycles. The van der Waals surface area contributed by atoms with Gasteiger partial charge in [0.05, 0.1) is 11.1 Å². The Balaban J connectivity index is 1.45. The molecule has 170 valence electrons. The van der Waals surface area contributed by atoms with E-state index < -0.39 is 11.0 Å². The molecule has 1 aliphatic rings. The molecule has 0 bridgehead atoms. The fourth-order valence-corrected chi connectivity index (χ4v) is 5.11. The van der Waals surface area contributed by atoms with Gasteiger partial charge in [0.25, 0.3) is 0 Å². The average molecular weight is 462 g/mol. The second-order valence-corrected chi connectivity index (χ2v) is 9.56. The molecule has 33 heavy (non-hydrogen) atoms. The number of hydrogen-bond acceptors (Lipinski definition) is 6. The number of hydrogen-bond donors (Lipinski definition) is 3. The van der Waals surface area contributed by atoms with Gasteiger partial charge in [-0.3, -0.25) is 0 Å². The molecule has 3 unspecified atom stereocenters. The van der Waals surface area contributed by atoms with Crippen molar-refractivity contribution < 1.29 is 4.21 Å². The van der Waals surface area contributed by atoms with Gasteiger partial charge in [-0.25, -0.2) is 18.8 Å². The van der Waals surface area contributed by atoms with E-state index in [0.717, 1.165) is 35.3 Å². The van der Waals surface area contributed by atoms with Crippen LogP contribution in [0.15, 0.2) is 66.0 Å². The molecule has 8 nitrogen and oxygen atoms in total. The fourth-order valence-electron chi connectivity index (χ4n) is 4.57. The van der Waals surface area contributed by atoms with E-state index in [2.05, 4.69) is 58.4 Å². The first kappa shape index (κ1) is 21.6. The Hall–Kier alpha value is -3.27. The molecule has 2 aromatic heterocycles. The molecule has 1 saturated heterocycles. The Morgan fingerprint density at radius 3 is 2.39 bits per heavy atom. The SMILES string of the molecule is CC1CNCC(C)N1c1ccc(-c2cnc3c(-c4ccc(N)c(S(N)=O)c4)cnn3c2)cc1. The summed E-state index contributed by atoms with van der Waals surface area (Å²) in [6, 6.07) is 14.8. The van der Waals surface area contributed by atoms with Crippen LogP contribution in [0, 0.1) is 0 Å². The number of rotatable bonds is 4. The number of piperazine rings is 1. The lowest BCUT2D eigenvalue weighted by atomic mass is 10.0. The molecular weight excluding hydrogens is 434 g/mol. The zero-order chi connectivity index (χ0) is 23.1. The van der Waals surface area contributed by atoms with Gasteiger partial charge in [0, 0.05) is 60.1 Å². The summed E-state index contributed by atoms with van der Waals surface area (Å²) >= 11 is 0. The summed E-state index contributed by atoms with van der Waals surface area (Å²) in [5, 5.41) is 13.5. The first-order valence-electron chi connectivity index (χ1n) is 10.9. The summed E-state index contributed by atoms with van der Waals surface area (Å²) in [6.07, 6.45) is 5.57. The van der Waals surface area contributed by atoms with Crippen molar-refractivity contribution in [1.29, 1.82) is 0 Å². The van der Waals surface area contributed by atoms with Crippen LogP contribution in [-0.4, -0.2) is 44.0 Å². The van der Waals surface area contributed by atoms with Crippen molar-refractivity contribution in [2.45, 2.75) is 30.8 Å². The van der Waals surface area contributed by atoms with Crippen LogP contribution in [0.3, 0.4) is 0 Å². The van der Waals surface area contributed by atoms with Gasteiger partial charge >= 0.3 is 0 Å². The normalized spacial score (nSPS) is 19.7. The van der Waals surface area contributed by atoms with Gasteiger partial charge in [0.15, 0.2) is 5.65 Å². The zero-order valence-electron chi connectivity index (χ0n) is 18.6. The second-order valence-electron chi connectivity index (χ2n) is 8.53. The predicted molar refractivity (Wildman–Crippen MR) is 133 cm³/mol. The second kappa shape index (κ2) is 8.58. The summed E-state index contributed by atoms with van der Waals surface area (Å²) < 4.78 is 13.5. The van der Waals surface area contributed by atoms with Crippen molar-refractivity contribution in [2.75, 3.05) is 23.7 Å². The van der Waals surface area contributed by atoms with Crippen LogP contribution in [0.4, 0.5) is 11.4 Å². The Bertz CT molecular complexity index is 1320. The molecule has 3 atom stereocenters. The number of nitrogens with two attached hydrogens (primary N) is 2. The molecule has 2 aromatic carbocycles. The van der Waals surface area contributed by atoms with E-state index in [1.165, 1.54) is 5.69 Å². The van der Waals surface area contributed by atoms with Gasteiger partial charge in [-0.05, 0) is 49.2 Å². The molecule has 3 heterocycles. The lowest BCUT2D eigenvalue weighted by molar-refractivity contribution is 0.432. The fraction of sp³-hybridized carbons (Fsp3) is 0.250. The van der Waals surface area contributed by atoms with Crippen LogP contribution >= 0.6 is 0 Å².